The number of hydrogen-bond donors (Lipinski definition) is 1. The summed E-state index contributed by atoms with van der Waals surface area (Å²) in [7, 11) is 0. The number of carbonyl (C=O) groups is 2. The molecule has 3 aromatic rings. The number of thiophene rings is 1. The van der Waals surface area contributed by atoms with Crippen molar-refractivity contribution in [2.24, 2.45) is 0 Å². The van der Waals surface area contributed by atoms with E-state index >= 15 is 0 Å². The molecular weight excluding hydrogens is 427 g/mol. The minimum absolute atomic E-state index is 0.234. The fourth-order valence-corrected chi connectivity index (χ4v) is 4.45. The first-order valence-electron chi connectivity index (χ1n) is 8.97. The molecule has 4 rings (SSSR count). The third-order valence-electron chi connectivity index (χ3n) is 4.59. The monoisotopic (exact) mass is 442 g/mol. The zero-order chi connectivity index (χ0) is 20.5. The SMILES string of the molecule is CCc1ccc(NC2=C(c3cccs3)C(=O)N(c3cc(Cl)cc(Cl)c3)C2=O)cc1. The molecule has 0 saturated carbocycles. The van der Waals surface area contributed by atoms with Crippen LogP contribution in [0.4, 0.5) is 11.4 Å². The van der Waals surface area contributed by atoms with Crippen molar-refractivity contribution >= 4 is 63.3 Å². The number of hydrogen-bond acceptors (Lipinski definition) is 4. The Morgan fingerprint density at radius 1 is 0.966 bits per heavy atom. The highest BCUT2D eigenvalue weighted by molar-refractivity contribution is 7.11. The molecule has 146 valence electrons. The molecule has 1 aromatic heterocycles. The van der Waals surface area contributed by atoms with Gasteiger partial charge in [-0.1, -0.05) is 48.3 Å². The van der Waals surface area contributed by atoms with Gasteiger partial charge in [0.25, 0.3) is 11.8 Å². The highest BCUT2D eigenvalue weighted by atomic mass is 35.5. The molecule has 0 atom stereocenters. The molecule has 7 heteroatoms. The maximum Gasteiger partial charge on any atom is 0.282 e. The predicted octanol–water partition coefficient (Wildman–Crippen LogP) is 6.01. The highest BCUT2D eigenvalue weighted by Gasteiger charge is 2.40. The first kappa shape index (κ1) is 19.7. The molecule has 1 aliphatic heterocycles. The van der Waals surface area contributed by atoms with Crippen LogP contribution in [0.3, 0.4) is 0 Å². The van der Waals surface area contributed by atoms with Gasteiger partial charge in [0, 0.05) is 20.6 Å². The third kappa shape index (κ3) is 3.81. The third-order valence-corrected chi connectivity index (χ3v) is 5.91. The van der Waals surface area contributed by atoms with E-state index in [4.69, 9.17) is 23.2 Å². The van der Waals surface area contributed by atoms with Crippen molar-refractivity contribution in [1.29, 1.82) is 0 Å². The molecule has 0 spiro atoms. The van der Waals surface area contributed by atoms with Crippen molar-refractivity contribution in [3.63, 3.8) is 0 Å². The van der Waals surface area contributed by atoms with Crippen LogP contribution >= 0.6 is 34.5 Å². The van der Waals surface area contributed by atoms with E-state index in [1.807, 2.05) is 41.8 Å². The summed E-state index contributed by atoms with van der Waals surface area (Å²) in [6.07, 6.45) is 0.921. The Hall–Kier alpha value is -2.60. The Bertz CT molecular complexity index is 1100. The number of benzene rings is 2. The van der Waals surface area contributed by atoms with Crippen LogP contribution in [0.1, 0.15) is 17.4 Å². The minimum Gasteiger partial charge on any atom is -0.350 e. The van der Waals surface area contributed by atoms with Crippen molar-refractivity contribution in [2.45, 2.75) is 13.3 Å². The number of halogens is 2. The van der Waals surface area contributed by atoms with E-state index in [1.54, 1.807) is 18.2 Å². The quantitative estimate of drug-likeness (QED) is 0.491. The van der Waals surface area contributed by atoms with Crippen LogP contribution in [0, 0.1) is 0 Å². The van der Waals surface area contributed by atoms with E-state index in [-0.39, 0.29) is 5.70 Å². The molecule has 2 amide bonds. The van der Waals surface area contributed by atoms with Crippen molar-refractivity contribution < 1.29 is 9.59 Å². The Morgan fingerprint density at radius 2 is 1.66 bits per heavy atom. The Balaban J connectivity index is 1.78. The largest absolute Gasteiger partial charge is 0.350 e. The standard InChI is InChI=1S/C22H16Cl2N2O2S/c1-2-13-5-7-16(8-6-13)25-20-19(18-4-3-9-29-18)21(27)26(22(20)28)17-11-14(23)10-15(24)12-17/h3-12,25H,2H2,1H3. The average Bonchev–Trinajstić information content (AvgIpc) is 3.28. The van der Waals surface area contributed by atoms with Gasteiger partial charge in [-0.15, -0.1) is 11.3 Å². The number of aryl methyl sites for hydroxylation is 1. The van der Waals surface area contributed by atoms with Gasteiger partial charge in [0.15, 0.2) is 0 Å². The van der Waals surface area contributed by atoms with Gasteiger partial charge in [-0.05, 0) is 53.8 Å². The van der Waals surface area contributed by atoms with Crippen LogP contribution < -0.4 is 10.2 Å². The molecule has 0 radical (unpaired) electrons. The molecule has 2 heterocycles. The first-order valence-corrected chi connectivity index (χ1v) is 10.6. The number of nitrogens with one attached hydrogen (secondary N) is 1. The lowest BCUT2D eigenvalue weighted by molar-refractivity contribution is -0.120. The van der Waals surface area contributed by atoms with Crippen LogP contribution in [0.2, 0.25) is 10.0 Å². The van der Waals surface area contributed by atoms with Gasteiger partial charge in [0.05, 0.1) is 11.3 Å². The van der Waals surface area contributed by atoms with Crippen LogP contribution in [0.5, 0.6) is 0 Å². The van der Waals surface area contributed by atoms with Gasteiger partial charge in [-0.3, -0.25) is 9.59 Å². The van der Waals surface area contributed by atoms with Crippen molar-refractivity contribution in [1.82, 2.24) is 0 Å². The maximum absolute atomic E-state index is 13.3. The van der Waals surface area contributed by atoms with Crippen LogP contribution in [-0.4, -0.2) is 11.8 Å². The van der Waals surface area contributed by atoms with Gasteiger partial charge >= 0.3 is 0 Å². The van der Waals surface area contributed by atoms with E-state index in [0.717, 1.165) is 17.0 Å². The fraction of sp³-hybridized carbons (Fsp3) is 0.0909. The van der Waals surface area contributed by atoms with Gasteiger partial charge < -0.3 is 5.32 Å². The molecule has 1 aliphatic rings. The molecule has 0 fully saturated rings. The molecule has 29 heavy (non-hydrogen) atoms. The van der Waals surface area contributed by atoms with Gasteiger partial charge in [0.2, 0.25) is 0 Å². The summed E-state index contributed by atoms with van der Waals surface area (Å²) in [4.78, 5) is 28.4. The summed E-state index contributed by atoms with van der Waals surface area (Å²) < 4.78 is 0. The lowest BCUT2D eigenvalue weighted by Gasteiger charge is -2.16. The summed E-state index contributed by atoms with van der Waals surface area (Å²) in [5.41, 5.74) is 2.83. The number of imide groups is 1. The van der Waals surface area contributed by atoms with Crippen molar-refractivity contribution in [2.75, 3.05) is 10.2 Å². The molecule has 0 aliphatic carbocycles. The number of anilines is 2. The van der Waals surface area contributed by atoms with Gasteiger partial charge in [0.1, 0.15) is 5.70 Å². The molecule has 0 unspecified atom stereocenters. The number of amides is 2. The maximum atomic E-state index is 13.3. The summed E-state index contributed by atoms with van der Waals surface area (Å²) in [6.45, 7) is 2.08. The number of nitrogens with zero attached hydrogens (tertiary/aromatic N) is 1. The van der Waals surface area contributed by atoms with E-state index in [9.17, 15) is 9.59 Å². The van der Waals surface area contributed by atoms with Gasteiger partial charge in [-0.2, -0.15) is 0 Å². The fourth-order valence-electron chi connectivity index (χ4n) is 3.17. The first-order chi connectivity index (χ1) is 14.0. The molecule has 1 N–H and O–H groups in total. The smallest absolute Gasteiger partial charge is 0.282 e. The van der Waals surface area contributed by atoms with Gasteiger partial charge in [-0.25, -0.2) is 4.90 Å². The topological polar surface area (TPSA) is 49.4 Å². The second-order valence-electron chi connectivity index (χ2n) is 6.48. The van der Waals surface area contributed by atoms with Crippen LogP contribution in [0.25, 0.3) is 5.57 Å². The van der Waals surface area contributed by atoms with E-state index in [2.05, 4.69) is 12.2 Å². The zero-order valence-electron chi connectivity index (χ0n) is 15.4. The number of carbonyl (C=O) groups excluding carboxylic acids is 2. The zero-order valence-corrected chi connectivity index (χ0v) is 17.7. The second kappa shape index (κ2) is 8.03. The van der Waals surface area contributed by atoms with Crippen molar-refractivity contribution in [3.05, 3.63) is 86.2 Å². The van der Waals surface area contributed by atoms with Crippen LogP contribution in [0.15, 0.2) is 65.7 Å². The lowest BCUT2D eigenvalue weighted by atomic mass is 10.1. The number of rotatable bonds is 5. The Morgan fingerprint density at radius 3 is 2.24 bits per heavy atom. The summed E-state index contributed by atoms with van der Waals surface area (Å²) in [5.74, 6) is -0.861. The minimum atomic E-state index is -0.448. The Kier molecular flexibility index (Phi) is 5.46. The molecule has 4 nitrogen and oxygen atoms in total. The van der Waals surface area contributed by atoms with E-state index in [0.29, 0.717) is 26.2 Å². The summed E-state index contributed by atoms with van der Waals surface area (Å²) in [5, 5.41) is 5.71. The molecule has 0 saturated heterocycles. The average molecular weight is 443 g/mol. The highest BCUT2D eigenvalue weighted by Crippen LogP contribution is 2.37. The van der Waals surface area contributed by atoms with Crippen molar-refractivity contribution in [3.8, 4) is 0 Å². The Labute approximate surface area is 182 Å². The van der Waals surface area contributed by atoms with E-state index < -0.39 is 11.8 Å². The lowest BCUT2D eigenvalue weighted by Crippen LogP contribution is -2.32. The molecule has 0 bridgehead atoms. The normalized spacial score (nSPS) is 14.1. The molecule has 2 aromatic carbocycles. The summed E-state index contributed by atoms with van der Waals surface area (Å²) in [6, 6.07) is 16.1. The predicted molar refractivity (Wildman–Crippen MR) is 120 cm³/mol. The van der Waals surface area contributed by atoms with Crippen LogP contribution in [-0.2, 0) is 16.0 Å². The molecular formula is C22H16Cl2N2O2S. The van der Waals surface area contributed by atoms with E-state index in [1.165, 1.54) is 16.9 Å². The summed E-state index contributed by atoms with van der Waals surface area (Å²) >= 11 is 13.6. The second-order valence-corrected chi connectivity index (χ2v) is 8.30.